The molecule has 1 N–H and O–H groups in total. The molecular formula is C14H22N2O3. The Morgan fingerprint density at radius 2 is 2.11 bits per heavy atom. The molecule has 19 heavy (non-hydrogen) atoms. The summed E-state index contributed by atoms with van der Waals surface area (Å²) in [6, 6.07) is 2.29. The van der Waals surface area contributed by atoms with Crippen LogP contribution < -0.4 is 14.8 Å². The van der Waals surface area contributed by atoms with Gasteiger partial charge in [0.15, 0.2) is 11.5 Å². The lowest BCUT2D eigenvalue weighted by atomic mass is 10.2. The number of rotatable bonds is 6. The standard InChI is InChI=1S/C14H22N2O3/c1-17-11-5-4-10(8-11)16-9-12-14(19-3)13(18-2)6-7-15-12/h6-7,10-11,16H,4-5,8-9H2,1-3H3. The van der Waals surface area contributed by atoms with Gasteiger partial charge in [-0.25, -0.2) is 0 Å². The summed E-state index contributed by atoms with van der Waals surface area (Å²) in [4.78, 5) is 4.36. The second-order valence-electron chi connectivity index (χ2n) is 4.74. The number of aromatic nitrogens is 1. The maximum Gasteiger partial charge on any atom is 0.183 e. The normalized spacial score (nSPS) is 22.5. The first-order valence-electron chi connectivity index (χ1n) is 6.60. The number of pyridine rings is 1. The topological polar surface area (TPSA) is 52.6 Å². The van der Waals surface area contributed by atoms with Crippen molar-refractivity contribution in [3.05, 3.63) is 18.0 Å². The van der Waals surface area contributed by atoms with Crippen molar-refractivity contribution in [2.24, 2.45) is 0 Å². The van der Waals surface area contributed by atoms with Crippen molar-refractivity contribution in [2.45, 2.75) is 38.0 Å². The van der Waals surface area contributed by atoms with E-state index in [0.29, 0.717) is 24.4 Å². The van der Waals surface area contributed by atoms with Crippen molar-refractivity contribution in [3.63, 3.8) is 0 Å². The summed E-state index contributed by atoms with van der Waals surface area (Å²) >= 11 is 0. The minimum absolute atomic E-state index is 0.387. The zero-order valence-corrected chi connectivity index (χ0v) is 11.8. The molecule has 1 heterocycles. The van der Waals surface area contributed by atoms with Crippen molar-refractivity contribution in [2.75, 3.05) is 21.3 Å². The number of nitrogens with one attached hydrogen (secondary N) is 1. The van der Waals surface area contributed by atoms with Crippen LogP contribution in [0.4, 0.5) is 0 Å². The highest BCUT2D eigenvalue weighted by atomic mass is 16.5. The smallest absolute Gasteiger partial charge is 0.183 e. The van der Waals surface area contributed by atoms with Gasteiger partial charge in [0.25, 0.3) is 0 Å². The Morgan fingerprint density at radius 1 is 1.26 bits per heavy atom. The fourth-order valence-electron chi connectivity index (χ4n) is 2.56. The van der Waals surface area contributed by atoms with Crippen LogP contribution in [0.5, 0.6) is 11.5 Å². The van der Waals surface area contributed by atoms with Gasteiger partial charge >= 0.3 is 0 Å². The SMILES string of the molecule is COc1ccnc(CNC2CCC(OC)C2)c1OC. The minimum Gasteiger partial charge on any atom is -0.493 e. The molecule has 5 nitrogen and oxygen atoms in total. The number of nitrogens with zero attached hydrogens (tertiary/aromatic N) is 1. The van der Waals surface area contributed by atoms with Crippen LogP contribution in [0, 0.1) is 0 Å². The van der Waals surface area contributed by atoms with E-state index in [2.05, 4.69) is 10.3 Å². The molecule has 0 aromatic carbocycles. The molecule has 1 aromatic heterocycles. The number of hydrogen-bond donors (Lipinski definition) is 1. The highest BCUT2D eigenvalue weighted by molar-refractivity contribution is 5.42. The third-order valence-electron chi connectivity index (χ3n) is 3.64. The number of methoxy groups -OCH3 is 3. The Bertz CT molecular complexity index is 412. The molecule has 106 valence electrons. The second kappa shape index (κ2) is 6.73. The quantitative estimate of drug-likeness (QED) is 0.850. The van der Waals surface area contributed by atoms with Crippen LogP contribution in [0.2, 0.25) is 0 Å². The molecule has 1 aromatic rings. The van der Waals surface area contributed by atoms with Gasteiger partial charge < -0.3 is 19.5 Å². The van der Waals surface area contributed by atoms with E-state index >= 15 is 0 Å². The van der Waals surface area contributed by atoms with Crippen molar-refractivity contribution in [1.82, 2.24) is 10.3 Å². The summed E-state index contributed by atoms with van der Waals surface area (Å²) in [6.45, 7) is 0.682. The Morgan fingerprint density at radius 3 is 2.74 bits per heavy atom. The highest BCUT2D eigenvalue weighted by Crippen LogP contribution is 2.29. The van der Waals surface area contributed by atoms with Crippen LogP contribution in [0.15, 0.2) is 12.3 Å². The minimum atomic E-state index is 0.387. The fourth-order valence-corrected chi connectivity index (χ4v) is 2.56. The second-order valence-corrected chi connectivity index (χ2v) is 4.74. The van der Waals surface area contributed by atoms with E-state index < -0.39 is 0 Å². The van der Waals surface area contributed by atoms with Crippen LogP contribution in [-0.4, -0.2) is 38.5 Å². The van der Waals surface area contributed by atoms with Crippen LogP contribution in [-0.2, 0) is 11.3 Å². The molecule has 0 radical (unpaired) electrons. The zero-order chi connectivity index (χ0) is 13.7. The molecule has 1 saturated carbocycles. The third kappa shape index (κ3) is 3.36. The molecule has 2 atom stereocenters. The van der Waals surface area contributed by atoms with Crippen LogP contribution in [0.3, 0.4) is 0 Å². The fraction of sp³-hybridized carbons (Fsp3) is 0.643. The molecule has 1 aliphatic carbocycles. The first-order chi connectivity index (χ1) is 9.28. The molecule has 5 heteroatoms. The van der Waals surface area contributed by atoms with Crippen LogP contribution in [0.25, 0.3) is 0 Å². The van der Waals surface area contributed by atoms with Crippen LogP contribution >= 0.6 is 0 Å². The molecule has 2 unspecified atom stereocenters. The van der Waals surface area contributed by atoms with Gasteiger partial charge in [-0.05, 0) is 19.3 Å². The van der Waals surface area contributed by atoms with Gasteiger partial charge in [-0.2, -0.15) is 0 Å². The van der Waals surface area contributed by atoms with Gasteiger partial charge in [0.05, 0.1) is 26.0 Å². The van der Waals surface area contributed by atoms with Crippen molar-refractivity contribution < 1.29 is 14.2 Å². The summed E-state index contributed by atoms with van der Waals surface area (Å²) in [5, 5.41) is 3.51. The first kappa shape index (κ1) is 14.1. The van der Waals surface area contributed by atoms with Crippen molar-refractivity contribution in [1.29, 1.82) is 0 Å². The number of ether oxygens (including phenoxy) is 3. The van der Waals surface area contributed by atoms with E-state index in [4.69, 9.17) is 14.2 Å². The zero-order valence-electron chi connectivity index (χ0n) is 11.8. The van der Waals surface area contributed by atoms with E-state index in [-0.39, 0.29) is 0 Å². The predicted octanol–water partition coefficient (Wildman–Crippen LogP) is 1.76. The first-order valence-corrected chi connectivity index (χ1v) is 6.60. The average molecular weight is 266 g/mol. The summed E-state index contributed by atoms with van der Waals surface area (Å²) in [5.74, 6) is 1.43. The summed E-state index contributed by atoms with van der Waals surface area (Å²) in [7, 11) is 5.05. The van der Waals surface area contributed by atoms with E-state index in [1.165, 1.54) is 0 Å². The lowest BCUT2D eigenvalue weighted by Crippen LogP contribution is -2.27. The third-order valence-corrected chi connectivity index (χ3v) is 3.64. The Kier molecular flexibility index (Phi) is 4.99. The molecule has 0 aliphatic heterocycles. The van der Waals surface area contributed by atoms with Crippen molar-refractivity contribution in [3.8, 4) is 11.5 Å². The summed E-state index contributed by atoms with van der Waals surface area (Å²) in [5.41, 5.74) is 0.878. The van der Waals surface area contributed by atoms with E-state index in [9.17, 15) is 0 Å². The van der Waals surface area contributed by atoms with E-state index in [0.717, 1.165) is 30.7 Å². The van der Waals surface area contributed by atoms with Gasteiger partial charge in [0.1, 0.15) is 0 Å². The molecule has 1 aliphatic rings. The lowest BCUT2D eigenvalue weighted by Gasteiger charge is -2.15. The Labute approximate surface area is 114 Å². The predicted molar refractivity (Wildman–Crippen MR) is 72.6 cm³/mol. The molecule has 2 rings (SSSR count). The highest BCUT2D eigenvalue weighted by Gasteiger charge is 2.24. The van der Waals surface area contributed by atoms with Crippen molar-refractivity contribution >= 4 is 0 Å². The molecule has 1 fully saturated rings. The van der Waals surface area contributed by atoms with E-state index in [1.54, 1.807) is 33.6 Å². The molecule has 0 spiro atoms. The largest absolute Gasteiger partial charge is 0.493 e. The monoisotopic (exact) mass is 266 g/mol. The van der Waals surface area contributed by atoms with Gasteiger partial charge in [0.2, 0.25) is 0 Å². The van der Waals surface area contributed by atoms with Gasteiger partial charge in [-0.1, -0.05) is 0 Å². The molecule has 0 bridgehead atoms. The molecular weight excluding hydrogens is 244 g/mol. The maximum absolute atomic E-state index is 5.37. The lowest BCUT2D eigenvalue weighted by molar-refractivity contribution is 0.107. The molecule has 0 saturated heterocycles. The average Bonchev–Trinajstić information content (AvgIpc) is 2.92. The van der Waals surface area contributed by atoms with Gasteiger partial charge in [-0.15, -0.1) is 0 Å². The van der Waals surface area contributed by atoms with Gasteiger partial charge in [0, 0.05) is 32.0 Å². The number of hydrogen-bond acceptors (Lipinski definition) is 5. The van der Waals surface area contributed by atoms with E-state index in [1.807, 2.05) is 0 Å². The Balaban J connectivity index is 1.96. The molecule has 0 amide bonds. The maximum atomic E-state index is 5.37. The Hall–Kier alpha value is -1.33. The van der Waals surface area contributed by atoms with Gasteiger partial charge in [-0.3, -0.25) is 4.98 Å². The van der Waals surface area contributed by atoms with Crippen LogP contribution in [0.1, 0.15) is 25.0 Å². The summed E-state index contributed by atoms with van der Waals surface area (Å²) in [6.07, 6.45) is 5.45. The summed E-state index contributed by atoms with van der Waals surface area (Å²) < 4.78 is 16.0.